The summed E-state index contributed by atoms with van der Waals surface area (Å²) in [5.41, 5.74) is 7.58. The molecule has 0 saturated carbocycles. The Morgan fingerprint density at radius 1 is 0.185 bits per heavy atom. The predicted molar refractivity (Wildman–Crippen MR) is 238 cm³/mol. The molecule has 7 rings (SSSR count). The summed E-state index contributed by atoms with van der Waals surface area (Å²) in [6, 6.07) is 54.0. The molecule has 6 heteroatoms. The van der Waals surface area contributed by atoms with Crippen LogP contribution in [0.5, 0.6) is 0 Å². The van der Waals surface area contributed by atoms with Crippen molar-refractivity contribution in [3.05, 3.63) is 179 Å². The van der Waals surface area contributed by atoms with Crippen LogP contribution in [0.2, 0.25) is 0 Å². The van der Waals surface area contributed by atoms with Gasteiger partial charge in [-0.15, -0.1) is 0 Å². The Kier molecular flexibility index (Phi) is 13.0. The zero-order valence-electron chi connectivity index (χ0n) is 31.3. The van der Waals surface area contributed by atoms with Crippen LogP contribution in [0.1, 0.15) is 33.4 Å². The van der Waals surface area contributed by atoms with E-state index in [0.29, 0.717) is 0 Å². The van der Waals surface area contributed by atoms with Crippen molar-refractivity contribution in [1.82, 2.24) is 0 Å². The first kappa shape index (κ1) is 38.9. The molecule has 0 heterocycles. The van der Waals surface area contributed by atoms with E-state index in [9.17, 15) is 0 Å². The average molecular weight is 811 g/mol. The average Bonchev–Trinajstić information content (AvgIpc) is 3.17. The molecule has 0 spiro atoms. The predicted octanol–water partition coefficient (Wildman–Crippen LogP) is 16.4. The third-order valence-electron chi connectivity index (χ3n) is 8.68. The fraction of sp³-hybridized carbons (Fsp3) is 0.125. The highest BCUT2D eigenvalue weighted by atomic mass is 32.2. The van der Waals surface area contributed by atoms with E-state index in [2.05, 4.69) is 187 Å². The summed E-state index contributed by atoms with van der Waals surface area (Å²) >= 11 is 11.3. The summed E-state index contributed by atoms with van der Waals surface area (Å²) in [5, 5.41) is 0. The molecule has 7 aromatic rings. The number of hydrogen-bond donors (Lipinski definition) is 0. The summed E-state index contributed by atoms with van der Waals surface area (Å²) in [4.78, 5) is 15.1. The normalized spacial score (nSPS) is 11.2. The minimum absolute atomic E-state index is 1.23. The Hall–Kier alpha value is -3.36. The van der Waals surface area contributed by atoms with Crippen LogP contribution in [0.15, 0.2) is 204 Å². The fourth-order valence-corrected chi connectivity index (χ4v) is 12.8. The van der Waals surface area contributed by atoms with E-state index in [4.69, 9.17) is 0 Å². The molecule has 54 heavy (non-hydrogen) atoms. The standard InChI is InChI=1S/C48H42S6/c1-31-7-19-37(20-8-31)49-43-44(50-38-21-9-32(2)10-22-38)46(52-40-25-13-34(4)14-26-40)48(54-42-29-17-36(6)18-30-42)47(53-41-27-15-35(5)16-28-41)45(43)51-39-23-11-33(3)12-24-39/h7-30H,1-6H3. The summed E-state index contributed by atoms with van der Waals surface area (Å²) in [6.07, 6.45) is 0. The van der Waals surface area contributed by atoms with E-state index in [0.717, 1.165) is 0 Å². The molecule has 7 aromatic carbocycles. The van der Waals surface area contributed by atoms with Gasteiger partial charge in [-0.3, -0.25) is 0 Å². The Bertz CT molecular complexity index is 1870. The third-order valence-corrected chi connectivity index (χ3v) is 16.2. The first-order chi connectivity index (χ1) is 26.2. The lowest BCUT2D eigenvalue weighted by Gasteiger charge is -2.25. The van der Waals surface area contributed by atoms with Crippen LogP contribution in [-0.2, 0) is 0 Å². The summed E-state index contributed by atoms with van der Waals surface area (Å²) in [6.45, 7) is 13.0. The van der Waals surface area contributed by atoms with Gasteiger partial charge in [-0.1, -0.05) is 177 Å². The second-order valence-corrected chi connectivity index (χ2v) is 20.0. The van der Waals surface area contributed by atoms with Gasteiger partial charge in [-0.05, 0) is 114 Å². The van der Waals surface area contributed by atoms with Gasteiger partial charge >= 0.3 is 0 Å². The molecule has 0 unspecified atom stereocenters. The molecule has 0 bridgehead atoms. The molecule has 0 aromatic heterocycles. The number of aryl methyl sites for hydroxylation is 6. The zero-order chi connectivity index (χ0) is 37.6. The molecule has 0 aliphatic rings. The smallest absolute Gasteiger partial charge is 0.0425 e. The minimum Gasteiger partial charge on any atom is -0.0876 e. The largest absolute Gasteiger partial charge is 0.0876 e. The topological polar surface area (TPSA) is 0 Å². The number of hydrogen-bond acceptors (Lipinski definition) is 6. The molecular formula is C48H42S6. The van der Waals surface area contributed by atoms with Crippen LogP contribution in [0.25, 0.3) is 0 Å². The number of benzene rings is 7. The summed E-state index contributed by atoms with van der Waals surface area (Å²) in [7, 11) is 0. The Morgan fingerprint density at radius 2 is 0.296 bits per heavy atom. The lowest BCUT2D eigenvalue weighted by Crippen LogP contribution is -1.97. The molecule has 0 amide bonds. The van der Waals surface area contributed by atoms with Gasteiger partial charge in [0.25, 0.3) is 0 Å². The van der Waals surface area contributed by atoms with Crippen molar-refractivity contribution in [3.8, 4) is 0 Å². The van der Waals surface area contributed by atoms with Crippen LogP contribution in [-0.4, -0.2) is 0 Å². The Morgan fingerprint density at radius 3 is 0.407 bits per heavy atom. The van der Waals surface area contributed by atoms with E-state index < -0.39 is 0 Å². The van der Waals surface area contributed by atoms with E-state index in [1.54, 1.807) is 0 Å². The Labute approximate surface area is 347 Å². The van der Waals surface area contributed by atoms with Crippen molar-refractivity contribution in [1.29, 1.82) is 0 Å². The maximum Gasteiger partial charge on any atom is 0.0425 e. The van der Waals surface area contributed by atoms with Crippen LogP contribution in [0.3, 0.4) is 0 Å². The maximum atomic E-state index is 2.27. The van der Waals surface area contributed by atoms with Gasteiger partial charge in [-0.25, -0.2) is 0 Å². The van der Waals surface area contributed by atoms with Crippen molar-refractivity contribution in [2.45, 2.75) is 100 Å². The SMILES string of the molecule is Cc1ccc(Sc2c(Sc3ccc(C)cc3)c(Sc3ccc(C)cc3)c(Sc3ccc(C)cc3)c(Sc3ccc(C)cc3)c2Sc2ccc(C)cc2)cc1. The molecule has 0 fully saturated rings. The van der Waals surface area contributed by atoms with Gasteiger partial charge in [0.2, 0.25) is 0 Å². The van der Waals surface area contributed by atoms with Crippen LogP contribution < -0.4 is 0 Å². The Balaban J connectivity index is 1.57. The molecular weight excluding hydrogens is 769 g/mol. The van der Waals surface area contributed by atoms with Crippen LogP contribution in [0.4, 0.5) is 0 Å². The van der Waals surface area contributed by atoms with Crippen molar-refractivity contribution in [2.75, 3.05) is 0 Å². The molecule has 0 saturated heterocycles. The highest BCUT2D eigenvalue weighted by Crippen LogP contribution is 2.59. The monoisotopic (exact) mass is 810 g/mol. The molecule has 0 aliphatic carbocycles. The third kappa shape index (κ3) is 10.1. The first-order valence-corrected chi connectivity index (χ1v) is 22.8. The zero-order valence-corrected chi connectivity index (χ0v) is 36.2. The van der Waals surface area contributed by atoms with Gasteiger partial charge in [0.05, 0.1) is 0 Å². The molecule has 0 atom stereocenters. The van der Waals surface area contributed by atoms with Crippen LogP contribution in [0, 0.1) is 41.5 Å². The van der Waals surface area contributed by atoms with E-state index >= 15 is 0 Å². The number of rotatable bonds is 12. The van der Waals surface area contributed by atoms with E-state index in [1.807, 2.05) is 70.6 Å². The second kappa shape index (κ2) is 18.1. The fourth-order valence-electron chi connectivity index (χ4n) is 5.52. The maximum absolute atomic E-state index is 2.27. The van der Waals surface area contributed by atoms with Crippen molar-refractivity contribution < 1.29 is 0 Å². The quantitative estimate of drug-likeness (QED) is 0.120. The molecule has 0 N–H and O–H groups in total. The van der Waals surface area contributed by atoms with E-state index in [-0.39, 0.29) is 0 Å². The first-order valence-electron chi connectivity index (χ1n) is 17.9. The van der Waals surface area contributed by atoms with E-state index in [1.165, 1.54) is 92.1 Å². The highest BCUT2D eigenvalue weighted by molar-refractivity contribution is 8.07. The van der Waals surface area contributed by atoms with Crippen molar-refractivity contribution in [3.63, 3.8) is 0 Å². The second-order valence-electron chi connectivity index (χ2n) is 13.5. The van der Waals surface area contributed by atoms with Gasteiger partial charge < -0.3 is 0 Å². The lowest BCUT2D eigenvalue weighted by molar-refractivity contribution is 0.871. The van der Waals surface area contributed by atoms with Crippen molar-refractivity contribution >= 4 is 70.6 Å². The summed E-state index contributed by atoms with van der Waals surface area (Å²) < 4.78 is 0. The summed E-state index contributed by atoms with van der Waals surface area (Å²) in [5.74, 6) is 0. The van der Waals surface area contributed by atoms with Gasteiger partial charge in [0.1, 0.15) is 0 Å². The van der Waals surface area contributed by atoms with Gasteiger partial charge in [-0.2, -0.15) is 0 Å². The molecule has 0 radical (unpaired) electrons. The molecule has 0 nitrogen and oxygen atoms in total. The highest BCUT2D eigenvalue weighted by Gasteiger charge is 2.29. The molecule has 270 valence electrons. The minimum atomic E-state index is 1.23. The van der Waals surface area contributed by atoms with Gasteiger partial charge in [0.15, 0.2) is 0 Å². The lowest BCUT2D eigenvalue weighted by atomic mass is 10.2. The molecule has 0 aliphatic heterocycles. The van der Waals surface area contributed by atoms with Gasteiger partial charge in [0, 0.05) is 58.7 Å². The van der Waals surface area contributed by atoms with Crippen molar-refractivity contribution in [2.24, 2.45) is 0 Å². The van der Waals surface area contributed by atoms with Crippen LogP contribution >= 0.6 is 70.6 Å².